The molecule has 1 aliphatic rings. The first kappa shape index (κ1) is 16.2. The summed E-state index contributed by atoms with van der Waals surface area (Å²) in [5, 5.41) is 6.78. The molecule has 0 aromatic rings. The molecule has 0 spiro atoms. The zero-order chi connectivity index (χ0) is 14.5. The lowest BCUT2D eigenvalue weighted by Crippen LogP contribution is -2.69. The van der Waals surface area contributed by atoms with Crippen molar-refractivity contribution < 1.29 is 9.47 Å². The van der Waals surface area contributed by atoms with Gasteiger partial charge in [-0.25, -0.2) is 0 Å². The van der Waals surface area contributed by atoms with Crippen LogP contribution < -0.4 is 10.6 Å². The fourth-order valence-electron chi connectivity index (χ4n) is 2.51. The second-order valence-corrected chi connectivity index (χ2v) is 5.90. The van der Waals surface area contributed by atoms with Crippen LogP contribution in [0.1, 0.15) is 33.6 Å². The van der Waals surface area contributed by atoms with Crippen LogP contribution in [0.5, 0.6) is 0 Å². The minimum Gasteiger partial charge on any atom is -0.385 e. The molecule has 0 aromatic heterocycles. The van der Waals surface area contributed by atoms with Gasteiger partial charge in [0.2, 0.25) is 0 Å². The summed E-state index contributed by atoms with van der Waals surface area (Å²) in [5.41, 5.74) is 0.0332. The fourth-order valence-corrected chi connectivity index (χ4v) is 2.51. The van der Waals surface area contributed by atoms with Gasteiger partial charge in [-0.15, -0.1) is 0 Å². The Morgan fingerprint density at radius 1 is 1.32 bits per heavy atom. The Morgan fingerprint density at radius 3 is 2.47 bits per heavy atom. The van der Waals surface area contributed by atoms with Gasteiger partial charge in [-0.1, -0.05) is 13.8 Å². The summed E-state index contributed by atoms with van der Waals surface area (Å²) in [6.45, 7) is 8.26. The van der Waals surface area contributed by atoms with E-state index >= 15 is 0 Å². The molecule has 0 aliphatic heterocycles. The third-order valence-electron chi connectivity index (χ3n) is 4.63. The van der Waals surface area contributed by atoms with Gasteiger partial charge >= 0.3 is 0 Å². The topological polar surface area (TPSA) is 54.9 Å². The standard InChI is InChI=1S/C14H29N3O2/c1-13(2)11(10-14(13,3)19-6)17-12(15-4)16-8-7-9-18-5/h11H,7-10H2,1-6H3,(H2,15,16,17). The maximum atomic E-state index is 5.63. The van der Waals surface area contributed by atoms with Crippen LogP contribution in [0.25, 0.3) is 0 Å². The van der Waals surface area contributed by atoms with E-state index in [1.807, 2.05) is 0 Å². The van der Waals surface area contributed by atoms with Crippen molar-refractivity contribution in [1.82, 2.24) is 10.6 Å². The zero-order valence-electron chi connectivity index (χ0n) is 13.2. The number of nitrogens with one attached hydrogen (secondary N) is 2. The molecule has 2 atom stereocenters. The Bertz CT molecular complexity index is 318. The van der Waals surface area contributed by atoms with Gasteiger partial charge in [-0.05, 0) is 19.8 Å². The Balaban J connectivity index is 2.42. The predicted octanol–water partition coefficient (Wildman–Crippen LogP) is 1.39. The predicted molar refractivity (Wildman–Crippen MR) is 78.6 cm³/mol. The van der Waals surface area contributed by atoms with Crippen molar-refractivity contribution in [2.24, 2.45) is 10.4 Å². The van der Waals surface area contributed by atoms with E-state index in [0.29, 0.717) is 6.04 Å². The van der Waals surface area contributed by atoms with Gasteiger partial charge in [0, 0.05) is 45.9 Å². The molecule has 5 heteroatoms. The lowest BCUT2D eigenvalue weighted by Gasteiger charge is -2.59. The van der Waals surface area contributed by atoms with Crippen molar-refractivity contribution in [1.29, 1.82) is 0 Å². The Kier molecular flexibility index (Phi) is 5.62. The van der Waals surface area contributed by atoms with Crippen molar-refractivity contribution in [3.05, 3.63) is 0 Å². The molecule has 2 N–H and O–H groups in total. The third kappa shape index (κ3) is 3.39. The van der Waals surface area contributed by atoms with Gasteiger partial charge in [0.05, 0.1) is 5.60 Å². The number of nitrogens with zero attached hydrogens (tertiary/aromatic N) is 1. The molecule has 1 saturated carbocycles. The molecule has 19 heavy (non-hydrogen) atoms. The zero-order valence-corrected chi connectivity index (χ0v) is 13.2. The molecule has 1 fully saturated rings. The number of methoxy groups -OCH3 is 2. The molecule has 0 amide bonds. The Labute approximate surface area is 117 Å². The lowest BCUT2D eigenvalue weighted by atomic mass is 9.56. The van der Waals surface area contributed by atoms with Crippen molar-refractivity contribution in [3.63, 3.8) is 0 Å². The summed E-state index contributed by atoms with van der Waals surface area (Å²) in [6, 6.07) is 0.381. The van der Waals surface area contributed by atoms with Gasteiger partial charge < -0.3 is 20.1 Å². The van der Waals surface area contributed by atoms with E-state index in [0.717, 1.165) is 32.0 Å². The average Bonchev–Trinajstić information content (AvgIpc) is 2.40. The van der Waals surface area contributed by atoms with Crippen molar-refractivity contribution in [3.8, 4) is 0 Å². The number of ether oxygens (including phenoxy) is 2. The lowest BCUT2D eigenvalue weighted by molar-refractivity contribution is -0.176. The molecule has 1 aliphatic carbocycles. The summed E-state index contributed by atoms with van der Waals surface area (Å²) in [4.78, 5) is 4.26. The smallest absolute Gasteiger partial charge is 0.191 e. The number of rotatable bonds is 6. The second kappa shape index (κ2) is 6.57. The molecule has 0 saturated heterocycles. The Hall–Kier alpha value is -0.810. The molecule has 2 unspecified atom stereocenters. The first-order chi connectivity index (χ1) is 8.91. The summed E-state index contributed by atoms with van der Waals surface area (Å²) < 4.78 is 10.7. The maximum absolute atomic E-state index is 5.63. The van der Waals surface area contributed by atoms with E-state index in [4.69, 9.17) is 9.47 Å². The van der Waals surface area contributed by atoms with E-state index in [1.54, 1.807) is 21.3 Å². The molecule has 0 heterocycles. The largest absolute Gasteiger partial charge is 0.385 e. The first-order valence-electron chi connectivity index (χ1n) is 6.92. The SMILES string of the molecule is CN=C(NCCCOC)NC1CC(C)(OC)C1(C)C. The van der Waals surface area contributed by atoms with Gasteiger partial charge in [-0.2, -0.15) is 0 Å². The molecule has 5 nitrogen and oxygen atoms in total. The molecule has 0 bridgehead atoms. The van der Waals surface area contributed by atoms with E-state index in [2.05, 4.69) is 36.4 Å². The third-order valence-corrected chi connectivity index (χ3v) is 4.63. The van der Waals surface area contributed by atoms with Crippen LogP contribution in [0.4, 0.5) is 0 Å². The van der Waals surface area contributed by atoms with Crippen LogP contribution in [0.3, 0.4) is 0 Å². The monoisotopic (exact) mass is 271 g/mol. The fraction of sp³-hybridized carbons (Fsp3) is 0.929. The van der Waals surface area contributed by atoms with E-state index in [-0.39, 0.29) is 11.0 Å². The highest BCUT2D eigenvalue weighted by atomic mass is 16.5. The number of hydrogen-bond acceptors (Lipinski definition) is 3. The normalized spacial score (nSPS) is 29.8. The van der Waals surface area contributed by atoms with Crippen molar-refractivity contribution in [2.45, 2.75) is 45.3 Å². The van der Waals surface area contributed by atoms with E-state index in [9.17, 15) is 0 Å². The van der Waals surface area contributed by atoms with Gasteiger partial charge in [0.15, 0.2) is 5.96 Å². The van der Waals surface area contributed by atoms with Crippen LogP contribution in [-0.4, -0.2) is 52.0 Å². The molecular formula is C14H29N3O2. The van der Waals surface area contributed by atoms with Gasteiger partial charge in [0.25, 0.3) is 0 Å². The molecule has 0 radical (unpaired) electrons. The second-order valence-electron chi connectivity index (χ2n) is 5.90. The van der Waals surface area contributed by atoms with E-state index in [1.165, 1.54) is 0 Å². The highest BCUT2D eigenvalue weighted by Gasteiger charge is 2.57. The summed E-state index contributed by atoms with van der Waals surface area (Å²) in [7, 11) is 5.30. The summed E-state index contributed by atoms with van der Waals surface area (Å²) in [5.74, 6) is 0.854. The molecular weight excluding hydrogens is 242 g/mol. The number of hydrogen-bond donors (Lipinski definition) is 2. The molecule has 0 aromatic carbocycles. The summed E-state index contributed by atoms with van der Waals surface area (Å²) >= 11 is 0. The minimum absolute atomic E-state index is 0.0560. The van der Waals surface area contributed by atoms with Gasteiger partial charge in [0.1, 0.15) is 0 Å². The number of aliphatic imine (C=N–C) groups is 1. The molecule has 112 valence electrons. The van der Waals surface area contributed by atoms with Crippen molar-refractivity contribution >= 4 is 5.96 Å². The highest BCUT2D eigenvalue weighted by Crippen LogP contribution is 2.51. The first-order valence-corrected chi connectivity index (χ1v) is 6.92. The number of guanidine groups is 1. The summed E-state index contributed by atoms with van der Waals surface area (Å²) in [6.07, 6.45) is 1.97. The van der Waals surface area contributed by atoms with Crippen LogP contribution in [0, 0.1) is 5.41 Å². The van der Waals surface area contributed by atoms with Crippen LogP contribution in [0.15, 0.2) is 4.99 Å². The highest BCUT2D eigenvalue weighted by molar-refractivity contribution is 5.80. The maximum Gasteiger partial charge on any atom is 0.191 e. The minimum atomic E-state index is -0.0560. The quantitative estimate of drug-likeness (QED) is 0.435. The van der Waals surface area contributed by atoms with Crippen molar-refractivity contribution in [2.75, 3.05) is 34.4 Å². The van der Waals surface area contributed by atoms with Crippen LogP contribution >= 0.6 is 0 Å². The van der Waals surface area contributed by atoms with Crippen LogP contribution in [0.2, 0.25) is 0 Å². The van der Waals surface area contributed by atoms with E-state index < -0.39 is 0 Å². The Morgan fingerprint density at radius 2 is 2.00 bits per heavy atom. The van der Waals surface area contributed by atoms with Crippen LogP contribution in [-0.2, 0) is 9.47 Å². The average molecular weight is 271 g/mol. The van der Waals surface area contributed by atoms with Gasteiger partial charge in [-0.3, -0.25) is 4.99 Å². The molecule has 1 rings (SSSR count).